The van der Waals surface area contributed by atoms with Gasteiger partial charge in [-0.2, -0.15) is 0 Å². The number of carbonyl (C=O) groups is 1. The lowest BCUT2D eigenvalue weighted by molar-refractivity contribution is -0.384. The maximum Gasteiger partial charge on any atom is 0.271 e. The molecule has 1 atom stereocenters. The van der Waals surface area contributed by atoms with Gasteiger partial charge in [-0.05, 0) is 31.5 Å². The normalized spacial score (nSPS) is 16.4. The molecule has 1 fully saturated rings. The number of nitro benzene ring substituents is 1. The van der Waals surface area contributed by atoms with Gasteiger partial charge in [-0.25, -0.2) is 0 Å². The number of halogens is 1. The van der Waals surface area contributed by atoms with E-state index in [0.29, 0.717) is 11.4 Å². The van der Waals surface area contributed by atoms with Gasteiger partial charge in [-0.1, -0.05) is 17.7 Å². The van der Waals surface area contributed by atoms with Gasteiger partial charge in [0.1, 0.15) is 11.5 Å². The molecule has 0 unspecified atom stereocenters. The molecule has 0 saturated carbocycles. The summed E-state index contributed by atoms with van der Waals surface area (Å²) in [6, 6.07) is 9.69. The summed E-state index contributed by atoms with van der Waals surface area (Å²) >= 11 is 6.07. The first-order valence-electron chi connectivity index (χ1n) is 9.12. The molecular weight excluding hydrogens is 398 g/mol. The Morgan fingerprint density at radius 2 is 2.07 bits per heavy atom. The van der Waals surface area contributed by atoms with Gasteiger partial charge in [-0.15, -0.1) is 0 Å². The predicted octanol–water partition coefficient (Wildman–Crippen LogP) is 4.04. The second kappa shape index (κ2) is 9.11. The number of hydrogen-bond acceptors (Lipinski definition) is 6. The van der Waals surface area contributed by atoms with Crippen molar-refractivity contribution in [1.82, 2.24) is 4.90 Å². The van der Waals surface area contributed by atoms with E-state index in [1.54, 1.807) is 14.2 Å². The number of benzene rings is 2. The largest absolute Gasteiger partial charge is 0.497 e. The fourth-order valence-corrected chi connectivity index (χ4v) is 3.78. The van der Waals surface area contributed by atoms with Crippen molar-refractivity contribution in [2.45, 2.75) is 18.9 Å². The molecule has 2 aromatic carbocycles. The number of nitro groups is 1. The Hall–Kier alpha value is -2.84. The first kappa shape index (κ1) is 20.9. The number of methoxy groups -OCH3 is 2. The monoisotopic (exact) mass is 419 g/mol. The zero-order valence-corrected chi connectivity index (χ0v) is 16.9. The number of rotatable bonds is 7. The number of likely N-dealkylation sites (tertiary alicyclic amines) is 1. The van der Waals surface area contributed by atoms with Crippen LogP contribution in [0.15, 0.2) is 36.4 Å². The van der Waals surface area contributed by atoms with Crippen LogP contribution in [0.1, 0.15) is 24.4 Å². The van der Waals surface area contributed by atoms with Crippen molar-refractivity contribution < 1.29 is 19.2 Å². The van der Waals surface area contributed by atoms with Crippen molar-refractivity contribution >= 4 is 28.9 Å². The zero-order chi connectivity index (χ0) is 21.0. The van der Waals surface area contributed by atoms with Crippen LogP contribution in [0.3, 0.4) is 0 Å². The van der Waals surface area contributed by atoms with E-state index in [0.717, 1.165) is 30.7 Å². The summed E-state index contributed by atoms with van der Waals surface area (Å²) in [4.78, 5) is 24.9. The molecule has 0 aliphatic carbocycles. The lowest BCUT2D eigenvalue weighted by Crippen LogP contribution is -2.33. The Labute approximate surface area is 173 Å². The minimum atomic E-state index is -0.533. The highest BCUT2D eigenvalue weighted by atomic mass is 35.5. The maximum absolute atomic E-state index is 12.6. The fourth-order valence-electron chi connectivity index (χ4n) is 3.55. The summed E-state index contributed by atoms with van der Waals surface area (Å²) in [7, 11) is 3.21. The van der Waals surface area contributed by atoms with Crippen LogP contribution >= 0.6 is 11.6 Å². The van der Waals surface area contributed by atoms with Crippen LogP contribution in [0.4, 0.5) is 11.4 Å². The topological polar surface area (TPSA) is 93.9 Å². The molecule has 9 heteroatoms. The number of nitrogens with zero attached hydrogens (tertiary/aromatic N) is 2. The molecule has 1 aliphatic heterocycles. The zero-order valence-electron chi connectivity index (χ0n) is 16.2. The molecule has 154 valence electrons. The highest BCUT2D eigenvalue weighted by molar-refractivity contribution is 6.34. The van der Waals surface area contributed by atoms with Gasteiger partial charge in [0.25, 0.3) is 5.69 Å². The van der Waals surface area contributed by atoms with E-state index in [-0.39, 0.29) is 29.2 Å². The SMILES string of the molecule is COc1ccc([C@H]2CCCN2CC(=O)Nc2ccc([N+](=O)[O-])cc2Cl)c(OC)c1. The van der Waals surface area contributed by atoms with E-state index in [4.69, 9.17) is 21.1 Å². The number of nitrogens with one attached hydrogen (secondary N) is 1. The molecule has 0 aromatic heterocycles. The van der Waals surface area contributed by atoms with E-state index < -0.39 is 4.92 Å². The molecule has 1 saturated heterocycles. The van der Waals surface area contributed by atoms with E-state index in [9.17, 15) is 14.9 Å². The maximum atomic E-state index is 12.6. The van der Waals surface area contributed by atoms with E-state index in [1.165, 1.54) is 18.2 Å². The Bertz CT molecular complexity index is 921. The Kier molecular flexibility index (Phi) is 6.56. The van der Waals surface area contributed by atoms with Crippen molar-refractivity contribution in [3.63, 3.8) is 0 Å². The van der Waals surface area contributed by atoms with Gasteiger partial charge in [0.15, 0.2) is 0 Å². The summed E-state index contributed by atoms with van der Waals surface area (Å²) in [5.74, 6) is 1.20. The molecule has 1 N–H and O–H groups in total. The first-order valence-corrected chi connectivity index (χ1v) is 9.50. The van der Waals surface area contributed by atoms with Crippen LogP contribution in [-0.4, -0.2) is 43.0 Å². The summed E-state index contributed by atoms with van der Waals surface area (Å²) in [5, 5.41) is 13.7. The molecule has 2 aromatic rings. The van der Waals surface area contributed by atoms with Crippen LogP contribution in [0.25, 0.3) is 0 Å². The number of hydrogen-bond donors (Lipinski definition) is 1. The standard InChI is InChI=1S/C20H22ClN3O5/c1-28-14-6-7-15(19(11-14)29-2)18-4-3-9-23(18)12-20(25)22-17-8-5-13(24(26)27)10-16(17)21/h5-8,10-11,18H,3-4,9,12H2,1-2H3,(H,22,25)/t18-/m1/s1. The highest BCUT2D eigenvalue weighted by Crippen LogP contribution is 2.38. The molecule has 1 heterocycles. The molecule has 0 spiro atoms. The third-order valence-electron chi connectivity index (χ3n) is 4.95. The van der Waals surface area contributed by atoms with E-state index in [2.05, 4.69) is 10.2 Å². The van der Waals surface area contributed by atoms with Gasteiger partial charge in [0.2, 0.25) is 5.91 Å². The van der Waals surface area contributed by atoms with Crippen molar-refractivity contribution in [3.8, 4) is 11.5 Å². The van der Waals surface area contributed by atoms with Crippen LogP contribution in [0.5, 0.6) is 11.5 Å². The third-order valence-corrected chi connectivity index (χ3v) is 5.26. The van der Waals surface area contributed by atoms with Gasteiger partial charge < -0.3 is 14.8 Å². The second-order valence-corrected chi connectivity index (χ2v) is 7.11. The number of ether oxygens (including phenoxy) is 2. The smallest absolute Gasteiger partial charge is 0.271 e. The quantitative estimate of drug-likeness (QED) is 0.537. The molecule has 1 aliphatic rings. The number of carbonyl (C=O) groups excluding carboxylic acids is 1. The van der Waals surface area contributed by atoms with Crippen molar-refractivity contribution in [2.75, 3.05) is 32.6 Å². The number of non-ortho nitro benzene ring substituents is 1. The summed E-state index contributed by atoms with van der Waals surface area (Å²) in [6.07, 6.45) is 1.87. The van der Waals surface area contributed by atoms with Crippen molar-refractivity contribution in [3.05, 3.63) is 57.1 Å². The van der Waals surface area contributed by atoms with Crippen LogP contribution in [0.2, 0.25) is 5.02 Å². The molecule has 3 rings (SSSR count). The summed E-state index contributed by atoms with van der Waals surface area (Å²) in [6.45, 7) is 0.953. The summed E-state index contributed by atoms with van der Waals surface area (Å²) < 4.78 is 10.8. The predicted molar refractivity (Wildman–Crippen MR) is 110 cm³/mol. The fraction of sp³-hybridized carbons (Fsp3) is 0.350. The first-order chi connectivity index (χ1) is 13.9. The summed E-state index contributed by atoms with van der Waals surface area (Å²) in [5.41, 5.74) is 1.23. The molecule has 1 amide bonds. The number of anilines is 1. The molecule has 8 nitrogen and oxygen atoms in total. The van der Waals surface area contributed by atoms with E-state index >= 15 is 0 Å². The van der Waals surface area contributed by atoms with Crippen molar-refractivity contribution in [2.24, 2.45) is 0 Å². The lowest BCUT2D eigenvalue weighted by atomic mass is 10.0. The van der Waals surface area contributed by atoms with E-state index in [1.807, 2.05) is 18.2 Å². The van der Waals surface area contributed by atoms with Gasteiger partial charge in [0.05, 0.1) is 36.4 Å². The molecular formula is C20H22ClN3O5. The second-order valence-electron chi connectivity index (χ2n) is 6.71. The van der Waals surface area contributed by atoms with Crippen molar-refractivity contribution in [1.29, 1.82) is 0 Å². The Balaban J connectivity index is 1.71. The lowest BCUT2D eigenvalue weighted by Gasteiger charge is -2.26. The highest BCUT2D eigenvalue weighted by Gasteiger charge is 2.30. The van der Waals surface area contributed by atoms with Gasteiger partial charge in [0, 0.05) is 29.8 Å². The van der Waals surface area contributed by atoms with Crippen LogP contribution in [0, 0.1) is 10.1 Å². The minimum Gasteiger partial charge on any atom is -0.497 e. The molecule has 29 heavy (non-hydrogen) atoms. The van der Waals surface area contributed by atoms with Crippen LogP contribution in [-0.2, 0) is 4.79 Å². The number of amides is 1. The average Bonchev–Trinajstić information content (AvgIpc) is 3.16. The third kappa shape index (κ3) is 4.78. The Morgan fingerprint density at radius 3 is 2.72 bits per heavy atom. The molecule has 0 radical (unpaired) electrons. The average molecular weight is 420 g/mol. The molecule has 0 bridgehead atoms. The minimum absolute atomic E-state index is 0.0499. The Morgan fingerprint density at radius 1 is 1.28 bits per heavy atom. The van der Waals surface area contributed by atoms with Gasteiger partial charge in [-0.3, -0.25) is 19.8 Å². The van der Waals surface area contributed by atoms with Crippen LogP contribution < -0.4 is 14.8 Å². The van der Waals surface area contributed by atoms with Gasteiger partial charge >= 0.3 is 0 Å².